The van der Waals surface area contributed by atoms with E-state index in [9.17, 15) is 18.0 Å². The third-order valence-electron chi connectivity index (χ3n) is 2.98. The lowest BCUT2D eigenvalue weighted by Crippen LogP contribution is -2.08. The van der Waals surface area contributed by atoms with E-state index in [2.05, 4.69) is 4.74 Å². The van der Waals surface area contributed by atoms with E-state index >= 15 is 0 Å². The van der Waals surface area contributed by atoms with Crippen molar-refractivity contribution in [3.05, 3.63) is 52.4 Å². The maximum absolute atomic E-state index is 12.1. The second-order valence-electron chi connectivity index (χ2n) is 4.75. The van der Waals surface area contributed by atoms with Crippen LogP contribution in [0.15, 0.2) is 39.6 Å². The van der Waals surface area contributed by atoms with Gasteiger partial charge in [-0.3, -0.25) is 0 Å². The predicted octanol–water partition coefficient (Wildman–Crippen LogP) is 2.48. The van der Waals surface area contributed by atoms with Crippen LogP contribution in [0.4, 0.5) is 0 Å². The molecule has 24 heavy (non-hydrogen) atoms. The van der Waals surface area contributed by atoms with Gasteiger partial charge in [-0.05, 0) is 30.3 Å². The van der Waals surface area contributed by atoms with Crippen LogP contribution < -0.4 is 0 Å². The molecule has 1 aromatic carbocycles. The van der Waals surface area contributed by atoms with Crippen LogP contribution in [-0.2, 0) is 25.9 Å². The number of furan rings is 1. The Morgan fingerprint density at radius 1 is 1.17 bits per heavy atom. The molecule has 0 amide bonds. The van der Waals surface area contributed by atoms with E-state index in [1.807, 2.05) is 0 Å². The molecule has 0 radical (unpaired) electrons. The molecular weight excluding hydrogens is 360 g/mol. The molecule has 7 nitrogen and oxygen atoms in total. The number of rotatable bonds is 5. The standard InChI is InChI=1S/C15H13ClO7S/c1-21-15(18)13-6-3-9(23-13)8-22-14(17)11-7-10(24(2,19)20)4-5-12(11)16/h3-7H,8H2,1-2H3. The molecule has 0 saturated heterocycles. The molecule has 0 aliphatic heterocycles. The molecule has 128 valence electrons. The summed E-state index contributed by atoms with van der Waals surface area (Å²) in [6.07, 6.45) is 1.02. The highest BCUT2D eigenvalue weighted by molar-refractivity contribution is 7.90. The van der Waals surface area contributed by atoms with E-state index in [1.54, 1.807) is 0 Å². The lowest BCUT2D eigenvalue weighted by Gasteiger charge is -2.07. The highest BCUT2D eigenvalue weighted by atomic mass is 35.5. The Kier molecular flexibility index (Phi) is 5.30. The number of hydrogen-bond acceptors (Lipinski definition) is 7. The first-order valence-electron chi connectivity index (χ1n) is 6.56. The molecule has 0 atom stereocenters. The molecular formula is C15H13ClO7S. The van der Waals surface area contributed by atoms with Crippen LogP contribution >= 0.6 is 11.6 Å². The first-order valence-corrected chi connectivity index (χ1v) is 8.83. The van der Waals surface area contributed by atoms with Gasteiger partial charge >= 0.3 is 11.9 Å². The highest BCUT2D eigenvalue weighted by Gasteiger charge is 2.18. The molecule has 0 spiro atoms. The Morgan fingerprint density at radius 3 is 2.50 bits per heavy atom. The van der Waals surface area contributed by atoms with Crippen LogP contribution in [0.3, 0.4) is 0 Å². The maximum Gasteiger partial charge on any atom is 0.373 e. The van der Waals surface area contributed by atoms with Crippen molar-refractivity contribution in [3.8, 4) is 0 Å². The number of sulfone groups is 1. The number of esters is 2. The van der Waals surface area contributed by atoms with E-state index in [0.29, 0.717) is 0 Å². The molecule has 0 fully saturated rings. The Hall–Kier alpha value is -2.32. The van der Waals surface area contributed by atoms with Gasteiger partial charge in [-0.15, -0.1) is 0 Å². The number of ether oxygens (including phenoxy) is 2. The molecule has 0 bridgehead atoms. The lowest BCUT2D eigenvalue weighted by atomic mass is 10.2. The van der Waals surface area contributed by atoms with Crippen LogP contribution in [0.25, 0.3) is 0 Å². The maximum atomic E-state index is 12.1. The zero-order valence-electron chi connectivity index (χ0n) is 12.7. The molecule has 1 heterocycles. The predicted molar refractivity (Wildman–Crippen MR) is 83.7 cm³/mol. The molecule has 0 aliphatic rings. The summed E-state index contributed by atoms with van der Waals surface area (Å²) in [6.45, 7) is -0.255. The molecule has 2 rings (SSSR count). The number of halogens is 1. The summed E-state index contributed by atoms with van der Waals surface area (Å²) in [4.78, 5) is 23.3. The molecule has 0 unspecified atom stereocenters. The van der Waals surface area contributed by atoms with Gasteiger partial charge in [0.05, 0.1) is 22.6 Å². The van der Waals surface area contributed by atoms with Gasteiger partial charge in [-0.25, -0.2) is 18.0 Å². The summed E-state index contributed by atoms with van der Waals surface area (Å²) in [5.74, 6) is -1.28. The van der Waals surface area contributed by atoms with Gasteiger partial charge in [0.2, 0.25) is 5.76 Å². The Bertz CT molecular complexity index is 883. The van der Waals surface area contributed by atoms with Gasteiger partial charge in [-0.2, -0.15) is 0 Å². The van der Waals surface area contributed by atoms with Crippen LogP contribution in [0.5, 0.6) is 0 Å². The van der Waals surface area contributed by atoms with Crippen molar-refractivity contribution in [2.75, 3.05) is 13.4 Å². The van der Waals surface area contributed by atoms with Gasteiger partial charge in [0.15, 0.2) is 9.84 Å². The third kappa shape index (κ3) is 4.15. The fourth-order valence-corrected chi connectivity index (χ4v) is 2.61. The minimum absolute atomic E-state index is 0.0272. The molecule has 9 heteroatoms. The molecule has 0 saturated carbocycles. The van der Waals surface area contributed by atoms with Crippen molar-refractivity contribution in [2.45, 2.75) is 11.5 Å². The molecule has 0 N–H and O–H groups in total. The third-order valence-corrected chi connectivity index (χ3v) is 4.42. The van der Waals surface area contributed by atoms with Crippen molar-refractivity contribution in [1.29, 1.82) is 0 Å². The van der Waals surface area contributed by atoms with E-state index in [1.165, 1.54) is 31.4 Å². The van der Waals surface area contributed by atoms with E-state index in [4.69, 9.17) is 20.8 Å². The second-order valence-corrected chi connectivity index (χ2v) is 7.17. The first-order chi connectivity index (χ1) is 11.2. The fourth-order valence-electron chi connectivity index (χ4n) is 1.77. The van der Waals surface area contributed by atoms with E-state index in [0.717, 1.165) is 12.3 Å². The quantitative estimate of drug-likeness (QED) is 0.743. The highest BCUT2D eigenvalue weighted by Crippen LogP contribution is 2.22. The Balaban J connectivity index is 2.13. The molecule has 0 aliphatic carbocycles. The molecule has 2 aromatic rings. The second kappa shape index (κ2) is 7.06. The summed E-state index contributed by atoms with van der Waals surface area (Å²) < 4.78 is 37.7. The van der Waals surface area contributed by atoms with Crippen LogP contribution in [0.1, 0.15) is 26.7 Å². The summed E-state index contributed by atoms with van der Waals surface area (Å²) in [7, 11) is -2.28. The SMILES string of the molecule is COC(=O)c1ccc(COC(=O)c2cc(S(C)(=O)=O)ccc2Cl)o1. The van der Waals surface area contributed by atoms with Gasteiger partial charge in [0.1, 0.15) is 12.4 Å². The van der Waals surface area contributed by atoms with Gasteiger partial charge in [0, 0.05) is 6.26 Å². The van der Waals surface area contributed by atoms with Crippen LogP contribution in [-0.4, -0.2) is 33.7 Å². The lowest BCUT2D eigenvalue weighted by molar-refractivity contribution is 0.0438. The monoisotopic (exact) mass is 372 g/mol. The van der Waals surface area contributed by atoms with Gasteiger partial charge < -0.3 is 13.9 Å². The van der Waals surface area contributed by atoms with E-state index < -0.39 is 21.8 Å². The number of benzene rings is 1. The minimum Gasteiger partial charge on any atom is -0.463 e. The number of carbonyl (C=O) groups is 2. The first kappa shape index (κ1) is 18.0. The van der Waals surface area contributed by atoms with Crippen molar-refractivity contribution < 1.29 is 31.9 Å². The number of carbonyl (C=O) groups excluding carboxylic acids is 2. The summed E-state index contributed by atoms with van der Waals surface area (Å²) in [6, 6.07) is 6.57. The van der Waals surface area contributed by atoms with Gasteiger partial charge in [-0.1, -0.05) is 11.6 Å². The van der Waals surface area contributed by atoms with E-state index in [-0.39, 0.29) is 33.6 Å². The van der Waals surface area contributed by atoms with Crippen molar-refractivity contribution in [1.82, 2.24) is 0 Å². The average Bonchev–Trinajstić information content (AvgIpc) is 3.00. The smallest absolute Gasteiger partial charge is 0.373 e. The van der Waals surface area contributed by atoms with Crippen LogP contribution in [0.2, 0.25) is 5.02 Å². The van der Waals surface area contributed by atoms with Crippen LogP contribution in [0, 0.1) is 0 Å². The topological polar surface area (TPSA) is 99.9 Å². The molecule has 1 aromatic heterocycles. The van der Waals surface area contributed by atoms with Gasteiger partial charge in [0.25, 0.3) is 0 Å². The van der Waals surface area contributed by atoms with Crippen molar-refractivity contribution >= 4 is 33.4 Å². The summed E-state index contributed by atoms with van der Waals surface area (Å²) in [5.41, 5.74) is -0.0839. The Morgan fingerprint density at radius 2 is 1.88 bits per heavy atom. The van der Waals surface area contributed by atoms with Crippen molar-refractivity contribution in [3.63, 3.8) is 0 Å². The Labute approximate surface area is 143 Å². The zero-order chi connectivity index (χ0) is 17.9. The average molecular weight is 373 g/mol. The normalized spacial score (nSPS) is 11.1. The number of methoxy groups -OCH3 is 1. The summed E-state index contributed by atoms with van der Waals surface area (Å²) in [5, 5.41) is 0.0575. The minimum atomic E-state index is -3.49. The van der Waals surface area contributed by atoms with Crippen molar-refractivity contribution in [2.24, 2.45) is 0 Å². The number of hydrogen-bond donors (Lipinski definition) is 0. The zero-order valence-corrected chi connectivity index (χ0v) is 14.3. The largest absolute Gasteiger partial charge is 0.463 e. The summed E-state index contributed by atoms with van der Waals surface area (Å²) >= 11 is 5.91. The fraction of sp³-hybridized carbons (Fsp3) is 0.200.